The molecule has 8 nitrogen and oxygen atoms in total. The van der Waals surface area contributed by atoms with Gasteiger partial charge in [0.25, 0.3) is 5.56 Å². The number of fused-ring (bicyclic) bond motifs is 1. The summed E-state index contributed by atoms with van der Waals surface area (Å²) < 4.78 is 23.2. The number of rotatable bonds is 6. The van der Waals surface area contributed by atoms with Crippen LogP contribution in [0.25, 0.3) is 6.08 Å². The van der Waals surface area contributed by atoms with E-state index < -0.39 is 12.0 Å². The number of ether oxygens (including phenoxy) is 4. The molecule has 0 saturated heterocycles. The zero-order valence-corrected chi connectivity index (χ0v) is 21.3. The monoisotopic (exact) mass is 514 g/mol. The minimum absolute atomic E-state index is 0.231. The first kappa shape index (κ1) is 24.6. The van der Waals surface area contributed by atoms with Gasteiger partial charge in [-0.15, -0.1) is 0 Å². The van der Waals surface area contributed by atoms with Gasteiger partial charge < -0.3 is 18.9 Å². The Kier molecular flexibility index (Phi) is 7.00. The molecule has 0 aliphatic carbocycles. The lowest BCUT2D eigenvalue weighted by atomic mass is 9.95. The molecule has 0 amide bonds. The molecule has 1 aliphatic heterocycles. The molecule has 35 heavy (non-hydrogen) atoms. The zero-order valence-electron chi connectivity index (χ0n) is 19.7. The van der Waals surface area contributed by atoms with Gasteiger partial charge in [0.15, 0.2) is 4.80 Å². The van der Waals surface area contributed by atoms with Crippen molar-refractivity contribution >= 4 is 35.0 Å². The quantitative estimate of drug-likeness (QED) is 0.470. The van der Waals surface area contributed by atoms with Gasteiger partial charge in [-0.25, -0.2) is 9.79 Å². The summed E-state index contributed by atoms with van der Waals surface area (Å²) in [6.07, 6.45) is 1.73. The number of hydrogen-bond acceptors (Lipinski definition) is 8. The highest BCUT2D eigenvalue weighted by Gasteiger charge is 2.35. The van der Waals surface area contributed by atoms with Crippen molar-refractivity contribution in [3.05, 3.63) is 83.5 Å². The molecule has 10 heteroatoms. The molecule has 0 N–H and O–H groups in total. The highest BCUT2D eigenvalue weighted by molar-refractivity contribution is 7.07. The average Bonchev–Trinajstić information content (AvgIpc) is 3.17. The number of esters is 1. The van der Waals surface area contributed by atoms with Crippen LogP contribution in [0.4, 0.5) is 0 Å². The maximum absolute atomic E-state index is 13.7. The molecule has 0 bridgehead atoms. The van der Waals surface area contributed by atoms with Crippen LogP contribution in [-0.4, -0.2) is 39.0 Å². The predicted octanol–water partition coefficient (Wildman–Crippen LogP) is 3.09. The van der Waals surface area contributed by atoms with Crippen molar-refractivity contribution in [1.29, 1.82) is 0 Å². The Morgan fingerprint density at radius 2 is 1.80 bits per heavy atom. The van der Waals surface area contributed by atoms with Crippen LogP contribution in [-0.2, 0) is 9.53 Å². The molecule has 0 fully saturated rings. The summed E-state index contributed by atoms with van der Waals surface area (Å²) >= 11 is 7.51. The number of carbonyl (C=O) groups is 1. The first-order chi connectivity index (χ1) is 16.8. The minimum Gasteiger partial charge on any atom is -0.497 e. The van der Waals surface area contributed by atoms with E-state index in [2.05, 4.69) is 4.99 Å². The predicted molar refractivity (Wildman–Crippen MR) is 133 cm³/mol. The van der Waals surface area contributed by atoms with Crippen LogP contribution in [0.3, 0.4) is 0 Å². The maximum atomic E-state index is 13.7. The molecule has 0 radical (unpaired) electrons. The number of nitrogens with zero attached hydrogens (tertiary/aromatic N) is 2. The smallest absolute Gasteiger partial charge is 0.338 e. The van der Waals surface area contributed by atoms with E-state index >= 15 is 0 Å². The minimum atomic E-state index is -0.840. The van der Waals surface area contributed by atoms with Crippen molar-refractivity contribution in [2.75, 3.05) is 28.4 Å². The second-order valence-corrected chi connectivity index (χ2v) is 9.01. The molecule has 2 heterocycles. The maximum Gasteiger partial charge on any atom is 0.338 e. The van der Waals surface area contributed by atoms with E-state index in [1.807, 2.05) is 0 Å². The summed E-state index contributed by atoms with van der Waals surface area (Å²) in [4.78, 5) is 31.6. The molecule has 1 aromatic heterocycles. The van der Waals surface area contributed by atoms with Crippen LogP contribution in [0.5, 0.6) is 17.2 Å². The fourth-order valence-corrected chi connectivity index (χ4v) is 5.20. The summed E-state index contributed by atoms with van der Waals surface area (Å²) in [5.41, 5.74) is 1.59. The highest BCUT2D eigenvalue weighted by Crippen LogP contribution is 2.37. The third-order valence-electron chi connectivity index (χ3n) is 5.64. The van der Waals surface area contributed by atoms with E-state index in [0.29, 0.717) is 48.4 Å². The van der Waals surface area contributed by atoms with Crippen LogP contribution >= 0.6 is 22.9 Å². The second-order valence-electron chi connectivity index (χ2n) is 7.57. The lowest BCUT2D eigenvalue weighted by Crippen LogP contribution is -2.40. The zero-order chi connectivity index (χ0) is 25.3. The van der Waals surface area contributed by atoms with Crippen molar-refractivity contribution in [1.82, 2.24) is 4.57 Å². The van der Waals surface area contributed by atoms with E-state index in [4.69, 9.17) is 30.5 Å². The second kappa shape index (κ2) is 9.97. The number of hydrogen-bond donors (Lipinski definition) is 0. The number of allylic oxidation sites excluding steroid dienone is 1. The van der Waals surface area contributed by atoms with E-state index in [1.165, 1.54) is 30.1 Å². The largest absolute Gasteiger partial charge is 0.497 e. The van der Waals surface area contributed by atoms with Crippen molar-refractivity contribution in [2.24, 2.45) is 4.99 Å². The van der Waals surface area contributed by atoms with Crippen LogP contribution in [0, 0.1) is 0 Å². The molecule has 1 atom stereocenters. The number of carbonyl (C=O) groups excluding carboxylic acids is 1. The van der Waals surface area contributed by atoms with Crippen LogP contribution in [0.15, 0.2) is 57.5 Å². The molecule has 4 rings (SSSR count). The number of aromatic nitrogens is 1. The van der Waals surface area contributed by atoms with Gasteiger partial charge in [-0.3, -0.25) is 9.36 Å². The summed E-state index contributed by atoms with van der Waals surface area (Å²) in [7, 11) is 5.92. The van der Waals surface area contributed by atoms with Crippen molar-refractivity contribution < 1.29 is 23.7 Å². The Balaban J connectivity index is 2.01. The third kappa shape index (κ3) is 4.44. The van der Waals surface area contributed by atoms with Gasteiger partial charge in [0.05, 0.1) is 44.2 Å². The normalized spacial score (nSPS) is 15.4. The van der Waals surface area contributed by atoms with Gasteiger partial charge >= 0.3 is 5.97 Å². The Labute approximate surface area is 210 Å². The SMILES string of the molecule is COC(=O)C1=C(C)N=c2s/c(=C\c3ccc(OC)cc3OC)c(=O)n2[C@@H]1c1cc(Cl)ccc1OC. The van der Waals surface area contributed by atoms with Crippen LogP contribution < -0.4 is 29.1 Å². The lowest BCUT2D eigenvalue weighted by Gasteiger charge is -2.25. The lowest BCUT2D eigenvalue weighted by molar-refractivity contribution is -0.136. The van der Waals surface area contributed by atoms with Crippen LogP contribution in [0.2, 0.25) is 5.02 Å². The van der Waals surface area contributed by atoms with E-state index in [0.717, 1.165) is 0 Å². The number of halogens is 1. The summed E-state index contributed by atoms with van der Waals surface area (Å²) in [6.45, 7) is 1.71. The summed E-state index contributed by atoms with van der Waals surface area (Å²) in [5, 5.41) is 0.435. The Hall–Kier alpha value is -3.56. The van der Waals surface area contributed by atoms with Crippen molar-refractivity contribution in [3.8, 4) is 17.2 Å². The van der Waals surface area contributed by atoms with Gasteiger partial charge in [-0.1, -0.05) is 22.9 Å². The van der Waals surface area contributed by atoms with E-state index in [-0.39, 0.29) is 11.1 Å². The molecular weight excluding hydrogens is 492 g/mol. The third-order valence-corrected chi connectivity index (χ3v) is 6.86. The number of methoxy groups -OCH3 is 4. The average molecular weight is 515 g/mol. The standard InChI is InChI=1S/C25H23ClN2O6S/c1-13-21(24(30)34-5)22(17-11-15(26)7-9-18(17)32-3)28-23(29)20(35-25(28)27-13)10-14-6-8-16(31-2)12-19(14)33-4/h6-12,22H,1-5H3/b20-10-/t22-/m1/s1. The van der Waals surface area contributed by atoms with Gasteiger partial charge in [0.2, 0.25) is 0 Å². The fourth-order valence-electron chi connectivity index (χ4n) is 3.98. The summed E-state index contributed by atoms with van der Waals surface area (Å²) in [6, 6.07) is 9.53. The topological polar surface area (TPSA) is 88.4 Å². The van der Waals surface area contributed by atoms with Crippen LogP contribution in [0.1, 0.15) is 24.1 Å². The molecule has 2 aromatic carbocycles. The Morgan fingerprint density at radius 3 is 2.46 bits per heavy atom. The number of benzene rings is 2. The van der Waals surface area contributed by atoms with Gasteiger partial charge in [0.1, 0.15) is 23.3 Å². The van der Waals surface area contributed by atoms with Crippen molar-refractivity contribution in [3.63, 3.8) is 0 Å². The molecule has 0 unspecified atom stereocenters. The summed E-state index contributed by atoms with van der Waals surface area (Å²) in [5.74, 6) is 1.06. The van der Waals surface area contributed by atoms with Crippen molar-refractivity contribution in [2.45, 2.75) is 13.0 Å². The Morgan fingerprint density at radius 1 is 1.06 bits per heavy atom. The highest BCUT2D eigenvalue weighted by atomic mass is 35.5. The van der Waals surface area contributed by atoms with Gasteiger partial charge in [0, 0.05) is 22.2 Å². The molecule has 0 spiro atoms. The van der Waals surface area contributed by atoms with Gasteiger partial charge in [-0.2, -0.15) is 0 Å². The fraction of sp³-hybridized carbons (Fsp3) is 0.240. The molecule has 3 aromatic rings. The molecule has 1 aliphatic rings. The molecule has 0 saturated carbocycles. The van der Waals surface area contributed by atoms with E-state index in [1.54, 1.807) is 63.6 Å². The first-order valence-electron chi connectivity index (χ1n) is 10.5. The molecule has 182 valence electrons. The molecular formula is C25H23ClN2O6S. The number of thiazole rings is 1. The Bertz CT molecular complexity index is 1520. The first-order valence-corrected chi connectivity index (χ1v) is 11.7. The van der Waals surface area contributed by atoms with E-state index in [9.17, 15) is 9.59 Å². The van der Waals surface area contributed by atoms with Gasteiger partial charge in [-0.05, 0) is 43.3 Å².